The number of likely N-dealkylation sites (tertiary alicyclic amines) is 1. The highest BCUT2D eigenvalue weighted by molar-refractivity contribution is 6.46. The van der Waals surface area contributed by atoms with Crippen LogP contribution in [-0.2, 0) is 14.3 Å². The summed E-state index contributed by atoms with van der Waals surface area (Å²) in [5, 5.41) is 11.1. The Balaban J connectivity index is 2.13. The second-order valence-corrected chi connectivity index (χ2v) is 7.43. The molecule has 0 aliphatic carbocycles. The third-order valence-electron chi connectivity index (χ3n) is 5.37. The van der Waals surface area contributed by atoms with Gasteiger partial charge in [-0.15, -0.1) is 0 Å². The van der Waals surface area contributed by atoms with Crippen molar-refractivity contribution in [2.24, 2.45) is 0 Å². The van der Waals surface area contributed by atoms with Crippen molar-refractivity contribution in [3.8, 4) is 5.75 Å². The van der Waals surface area contributed by atoms with Crippen molar-refractivity contribution in [1.82, 2.24) is 4.90 Å². The van der Waals surface area contributed by atoms with Gasteiger partial charge < -0.3 is 19.5 Å². The first-order valence-corrected chi connectivity index (χ1v) is 9.88. The van der Waals surface area contributed by atoms with Crippen LogP contribution in [0.15, 0.2) is 48.0 Å². The summed E-state index contributed by atoms with van der Waals surface area (Å²) in [6.07, 6.45) is 0.591. The average Bonchev–Trinajstić information content (AvgIpc) is 2.99. The number of rotatable bonds is 7. The van der Waals surface area contributed by atoms with Crippen molar-refractivity contribution in [1.29, 1.82) is 0 Å². The number of aryl methyl sites for hydroxylation is 2. The van der Waals surface area contributed by atoms with Crippen molar-refractivity contribution >= 4 is 17.4 Å². The summed E-state index contributed by atoms with van der Waals surface area (Å²) in [6.45, 7) is 4.63. The van der Waals surface area contributed by atoms with Crippen LogP contribution in [0.5, 0.6) is 5.75 Å². The van der Waals surface area contributed by atoms with Gasteiger partial charge in [0.05, 0.1) is 18.7 Å². The topological polar surface area (TPSA) is 76.1 Å². The highest BCUT2D eigenvalue weighted by Crippen LogP contribution is 2.40. The number of aliphatic hydroxyl groups is 1. The third-order valence-corrected chi connectivity index (χ3v) is 5.37. The van der Waals surface area contributed by atoms with E-state index in [-0.39, 0.29) is 11.3 Å². The summed E-state index contributed by atoms with van der Waals surface area (Å²) in [5.74, 6) is -0.803. The molecule has 6 heteroatoms. The molecule has 158 valence electrons. The van der Waals surface area contributed by atoms with Gasteiger partial charge in [-0.25, -0.2) is 0 Å². The quantitative estimate of drug-likeness (QED) is 0.326. The maximum atomic E-state index is 13.0. The Morgan fingerprint density at radius 2 is 1.77 bits per heavy atom. The van der Waals surface area contributed by atoms with Crippen LogP contribution in [0.4, 0.5) is 0 Å². The van der Waals surface area contributed by atoms with Gasteiger partial charge in [0.15, 0.2) is 0 Å². The van der Waals surface area contributed by atoms with Gasteiger partial charge in [-0.1, -0.05) is 29.8 Å². The minimum absolute atomic E-state index is 0.106. The van der Waals surface area contributed by atoms with Crippen molar-refractivity contribution in [2.75, 3.05) is 27.4 Å². The van der Waals surface area contributed by atoms with Crippen molar-refractivity contribution in [2.45, 2.75) is 26.3 Å². The van der Waals surface area contributed by atoms with E-state index in [1.54, 1.807) is 32.4 Å². The van der Waals surface area contributed by atoms with Gasteiger partial charge in [-0.2, -0.15) is 0 Å². The molecule has 1 amide bonds. The molecule has 30 heavy (non-hydrogen) atoms. The summed E-state index contributed by atoms with van der Waals surface area (Å²) in [6, 6.07) is 12.2. The number of hydrogen-bond acceptors (Lipinski definition) is 5. The fourth-order valence-electron chi connectivity index (χ4n) is 3.76. The number of nitrogens with zero attached hydrogens (tertiary/aromatic N) is 1. The number of amides is 1. The van der Waals surface area contributed by atoms with E-state index >= 15 is 0 Å². The molecule has 1 saturated heterocycles. The molecule has 1 fully saturated rings. The molecule has 6 nitrogen and oxygen atoms in total. The number of carbonyl (C=O) groups excluding carboxylic acids is 2. The van der Waals surface area contributed by atoms with E-state index in [4.69, 9.17) is 9.47 Å². The predicted octanol–water partition coefficient (Wildman–Crippen LogP) is 3.77. The first-order chi connectivity index (χ1) is 14.4. The van der Waals surface area contributed by atoms with Crippen LogP contribution in [-0.4, -0.2) is 49.1 Å². The molecule has 2 aromatic rings. The highest BCUT2D eigenvalue weighted by Gasteiger charge is 2.45. The molecule has 3 rings (SSSR count). The fourth-order valence-corrected chi connectivity index (χ4v) is 3.76. The van der Waals surface area contributed by atoms with E-state index in [1.165, 1.54) is 4.90 Å². The Bertz CT molecular complexity index is 978. The van der Waals surface area contributed by atoms with E-state index in [0.717, 1.165) is 16.7 Å². The van der Waals surface area contributed by atoms with Crippen molar-refractivity contribution in [3.05, 3.63) is 70.3 Å². The molecule has 1 atom stereocenters. The van der Waals surface area contributed by atoms with Gasteiger partial charge in [0.1, 0.15) is 11.5 Å². The number of ether oxygens (including phenoxy) is 2. The lowest BCUT2D eigenvalue weighted by molar-refractivity contribution is -0.140. The number of hydrogen-bond donors (Lipinski definition) is 1. The fraction of sp³-hybridized carbons (Fsp3) is 0.333. The minimum Gasteiger partial charge on any atom is -0.507 e. The lowest BCUT2D eigenvalue weighted by Crippen LogP contribution is -2.31. The number of ketones is 1. The molecule has 1 aliphatic rings. The predicted molar refractivity (Wildman–Crippen MR) is 114 cm³/mol. The molecule has 2 aromatic carbocycles. The summed E-state index contributed by atoms with van der Waals surface area (Å²) < 4.78 is 10.3. The van der Waals surface area contributed by atoms with E-state index in [0.29, 0.717) is 30.9 Å². The zero-order chi connectivity index (χ0) is 21.8. The molecule has 0 aromatic heterocycles. The standard InChI is InChI=1S/C24H27NO5/c1-15-6-8-17(9-7-15)21-20(23(27)24(28)25(21)12-5-13-29-3)22(26)19-11-10-18(30-4)14-16(19)2/h6-11,14,21,26H,5,12-13H2,1-4H3/b22-20+/t21-/m1/s1. The van der Waals surface area contributed by atoms with Gasteiger partial charge in [0.2, 0.25) is 0 Å². The number of methoxy groups -OCH3 is 2. The molecule has 1 N–H and O–H groups in total. The summed E-state index contributed by atoms with van der Waals surface area (Å²) in [4.78, 5) is 27.4. The maximum absolute atomic E-state index is 13.0. The van der Waals surface area contributed by atoms with E-state index in [2.05, 4.69) is 0 Å². The normalized spacial score (nSPS) is 18.1. The number of Topliss-reactive ketones (excluding diaryl/α,β-unsaturated/α-hetero) is 1. The number of carbonyl (C=O) groups is 2. The first-order valence-electron chi connectivity index (χ1n) is 9.88. The van der Waals surface area contributed by atoms with Gasteiger partial charge in [-0.3, -0.25) is 9.59 Å². The number of aliphatic hydroxyl groups excluding tert-OH is 1. The van der Waals surface area contributed by atoms with Gasteiger partial charge >= 0.3 is 0 Å². The SMILES string of the molecule is COCCCN1C(=O)C(=O)/C(=C(/O)c2ccc(OC)cc2C)[C@H]1c1ccc(C)cc1. The van der Waals surface area contributed by atoms with Gasteiger partial charge in [-0.05, 0) is 49.6 Å². The molecule has 0 bridgehead atoms. The molecule has 0 unspecified atom stereocenters. The Morgan fingerprint density at radius 3 is 2.37 bits per heavy atom. The molecule has 0 spiro atoms. The second-order valence-electron chi connectivity index (χ2n) is 7.43. The molecule has 1 aliphatic heterocycles. The van der Waals surface area contributed by atoms with Crippen LogP contribution < -0.4 is 4.74 Å². The monoisotopic (exact) mass is 409 g/mol. The van der Waals surface area contributed by atoms with Gasteiger partial charge in [0.25, 0.3) is 11.7 Å². The second kappa shape index (κ2) is 9.13. The zero-order valence-corrected chi connectivity index (χ0v) is 17.8. The van der Waals surface area contributed by atoms with Crippen LogP contribution >= 0.6 is 0 Å². The van der Waals surface area contributed by atoms with Crippen LogP contribution in [0.25, 0.3) is 5.76 Å². The first kappa shape index (κ1) is 21.6. The van der Waals surface area contributed by atoms with Crippen LogP contribution in [0.2, 0.25) is 0 Å². The van der Waals surface area contributed by atoms with Gasteiger partial charge in [0, 0.05) is 25.8 Å². The largest absolute Gasteiger partial charge is 0.507 e. The summed E-state index contributed by atoms with van der Waals surface area (Å²) in [7, 11) is 3.16. The Kier molecular flexibility index (Phi) is 6.57. The minimum atomic E-state index is -0.675. The lowest BCUT2D eigenvalue weighted by Gasteiger charge is -2.25. The smallest absolute Gasteiger partial charge is 0.295 e. The molecule has 0 saturated carbocycles. The molecular formula is C24H27NO5. The van der Waals surface area contributed by atoms with Crippen LogP contribution in [0, 0.1) is 13.8 Å². The van der Waals surface area contributed by atoms with E-state index in [1.807, 2.05) is 38.1 Å². The molecule has 1 heterocycles. The van der Waals surface area contributed by atoms with Crippen molar-refractivity contribution in [3.63, 3.8) is 0 Å². The van der Waals surface area contributed by atoms with Crippen molar-refractivity contribution < 1.29 is 24.2 Å². The average molecular weight is 409 g/mol. The third kappa shape index (κ3) is 4.09. The Morgan fingerprint density at radius 1 is 1.07 bits per heavy atom. The number of benzene rings is 2. The van der Waals surface area contributed by atoms with Crippen LogP contribution in [0.1, 0.15) is 34.7 Å². The summed E-state index contributed by atoms with van der Waals surface area (Å²) in [5.41, 5.74) is 3.21. The van der Waals surface area contributed by atoms with E-state index < -0.39 is 17.7 Å². The van der Waals surface area contributed by atoms with E-state index in [9.17, 15) is 14.7 Å². The zero-order valence-electron chi connectivity index (χ0n) is 17.8. The van der Waals surface area contributed by atoms with Crippen LogP contribution in [0.3, 0.4) is 0 Å². The molecule has 0 radical (unpaired) electrons. The molecular weight excluding hydrogens is 382 g/mol. The Hall–Kier alpha value is -3.12. The summed E-state index contributed by atoms with van der Waals surface area (Å²) >= 11 is 0. The maximum Gasteiger partial charge on any atom is 0.295 e. The highest BCUT2D eigenvalue weighted by atomic mass is 16.5. The Labute approximate surface area is 176 Å². The lowest BCUT2D eigenvalue weighted by atomic mass is 9.93.